The predicted molar refractivity (Wildman–Crippen MR) is 91.3 cm³/mol. The summed E-state index contributed by atoms with van der Waals surface area (Å²) in [4.78, 5) is 26.2. The number of halogens is 1. The van der Waals surface area contributed by atoms with Crippen LogP contribution in [0.4, 0.5) is 15.8 Å². The Morgan fingerprint density at radius 2 is 1.92 bits per heavy atom. The van der Waals surface area contributed by atoms with E-state index in [0.717, 1.165) is 17.7 Å². The molecule has 124 valence electrons. The zero-order valence-corrected chi connectivity index (χ0v) is 13.5. The molecule has 5 heteroatoms. The second kappa shape index (κ2) is 6.83. The van der Waals surface area contributed by atoms with Gasteiger partial charge in [-0.25, -0.2) is 4.39 Å². The Morgan fingerprint density at radius 3 is 2.62 bits per heavy atom. The summed E-state index contributed by atoms with van der Waals surface area (Å²) < 4.78 is 13.0. The highest BCUT2D eigenvalue weighted by Crippen LogP contribution is 2.26. The molecule has 0 bridgehead atoms. The molecule has 1 N–H and O–H groups in total. The number of nitrogens with zero attached hydrogens (tertiary/aromatic N) is 1. The number of hydrogen-bond donors (Lipinski definition) is 1. The van der Waals surface area contributed by atoms with Gasteiger partial charge in [-0.15, -0.1) is 0 Å². The maximum Gasteiger partial charge on any atom is 0.229 e. The number of nitrogens with one attached hydrogen (secondary N) is 1. The molecule has 4 nitrogen and oxygen atoms in total. The van der Waals surface area contributed by atoms with Crippen LogP contribution >= 0.6 is 0 Å². The zero-order chi connectivity index (χ0) is 17.1. The molecule has 2 amide bonds. The molecule has 0 saturated carbocycles. The minimum absolute atomic E-state index is 0.120. The molecule has 1 saturated heterocycles. The average molecular weight is 326 g/mol. The normalized spacial score (nSPS) is 17.2. The minimum Gasteiger partial charge on any atom is -0.326 e. The molecule has 0 unspecified atom stereocenters. The van der Waals surface area contributed by atoms with E-state index >= 15 is 0 Å². The summed E-state index contributed by atoms with van der Waals surface area (Å²) in [7, 11) is 0. The SMILES string of the molecule is CCc1ccccc1NC(=O)[C@H]1CC(=O)N(c2ccc(F)cc2)C1. The van der Waals surface area contributed by atoms with Crippen molar-refractivity contribution in [3.05, 3.63) is 59.9 Å². The van der Waals surface area contributed by atoms with Crippen LogP contribution in [-0.4, -0.2) is 18.4 Å². The number of amides is 2. The molecule has 0 radical (unpaired) electrons. The van der Waals surface area contributed by atoms with Gasteiger partial charge in [0, 0.05) is 24.3 Å². The fourth-order valence-corrected chi connectivity index (χ4v) is 2.94. The summed E-state index contributed by atoms with van der Waals surface area (Å²) in [5.74, 6) is -1.04. The number of benzene rings is 2. The third-order valence-electron chi connectivity index (χ3n) is 4.29. The van der Waals surface area contributed by atoms with Gasteiger partial charge in [0.25, 0.3) is 0 Å². The molecule has 0 aliphatic carbocycles. The first-order valence-electron chi connectivity index (χ1n) is 8.03. The van der Waals surface area contributed by atoms with Gasteiger partial charge in [0.2, 0.25) is 11.8 Å². The second-order valence-corrected chi connectivity index (χ2v) is 5.88. The highest BCUT2D eigenvalue weighted by atomic mass is 19.1. The maximum atomic E-state index is 13.0. The van der Waals surface area contributed by atoms with Crippen LogP contribution in [0.5, 0.6) is 0 Å². The molecular weight excluding hydrogens is 307 g/mol. The molecule has 0 aromatic heterocycles. The molecular formula is C19H19FN2O2. The highest BCUT2D eigenvalue weighted by Gasteiger charge is 2.35. The first-order valence-corrected chi connectivity index (χ1v) is 8.03. The molecule has 1 fully saturated rings. The monoisotopic (exact) mass is 326 g/mol. The lowest BCUT2D eigenvalue weighted by Crippen LogP contribution is -2.28. The summed E-state index contributed by atoms with van der Waals surface area (Å²) in [6.45, 7) is 2.34. The topological polar surface area (TPSA) is 49.4 Å². The van der Waals surface area contributed by atoms with E-state index in [4.69, 9.17) is 0 Å². The Morgan fingerprint density at radius 1 is 1.21 bits per heavy atom. The van der Waals surface area contributed by atoms with Gasteiger partial charge in [0.05, 0.1) is 5.92 Å². The lowest BCUT2D eigenvalue weighted by Gasteiger charge is -2.17. The second-order valence-electron chi connectivity index (χ2n) is 5.88. The van der Waals surface area contributed by atoms with Gasteiger partial charge in [-0.3, -0.25) is 9.59 Å². The number of para-hydroxylation sites is 1. The third kappa shape index (κ3) is 3.30. The molecule has 1 aliphatic heterocycles. The van der Waals surface area contributed by atoms with Gasteiger partial charge in [0.15, 0.2) is 0 Å². The van der Waals surface area contributed by atoms with E-state index in [1.165, 1.54) is 17.0 Å². The molecule has 1 atom stereocenters. The predicted octanol–water partition coefficient (Wildman–Crippen LogP) is 3.38. The number of carbonyl (C=O) groups excluding carboxylic acids is 2. The van der Waals surface area contributed by atoms with Crippen LogP contribution in [0, 0.1) is 11.7 Å². The number of carbonyl (C=O) groups is 2. The van der Waals surface area contributed by atoms with Crippen LogP contribution in [0.15, 0.2) is 48.5 Å². The Balaban J connectivity index is 1.71. The van der Waals surface area contributed by atoms with Crippen molar-refractivity contribution in [3.63, 3.8) is 0 Å². The van der Waals surface area contributed by atoms with Crippen LogP contribution in [-0.2, 0) is 16.0 Å². The zero-order valence-electron chi connectivity index (χ0n) is 13.5. The first kappa shape index (κ1) is 16.2. The van der Waals surface area contributed by atoms with Crippen LogP contribution in [0.3, 0.4) is 0 Å². The molecule has 2 aromatic rings. The summed E-state index contributed by atoms with van der Waals surface area (Å²) in [6.07, 6.45) is 0.985. The Bertz CT molecular complexity index is 758. The van der Waals surface area contributed by atoms with Crippen molar-refractivity contribution >= 4 is 23.2 Å². The lowest BCUT2D eigenvalue weighted by atomic mass is 10.1. The number of anilines is 2. The molecule has 1 aliphatic rings. The largest absolute Gasteiger partial charge is 0.326 e. The van der Waals surface area contributed by atoms with Gasteiger partial charge in [-0.05, 0) is 42.3 Å². The Hall–Kier alpha value is -2.69. The van der Waals surface area contributed by atoms with E-state index in [-0.39, 0.29) is 24.1 Å². The van der Waals surface area contributed by atoms with Crippen molar-refractivity contribution in [1.82, 2.24) is 0 Å². The van der Waals surface area contributed by atoms with E-state index in [1.807, 2.05) is 31.2 Å². The van der Waals surface area contributed by atoms with Crippen molar-refractivity contribution in [3.8, 4) is 0 Å². The lowest BCUT2D eigenvalue weighted by molar-refractivity contribution is -0.122. The quantitative estimate of drug-likeness (QED) is 0.936. The fourth-order valence-electron chi connectivity index (χ4n) is 2.94. The minimum atomic E-state index is -0.410. The van der Waals surface area contributed by atoms with E-state index < -0.39 is 5.92 Å². The summed E-state index contributed by atoms with van der Waals surface area (Å²) in [5, 5.41) is 2.93. The van der Waals surface area contributed by atoms with Crippen LogP contribution in [0.2, 0.25) is 0 Å². The van der Waals surface area contributed by atoms with E-state index in [2.05, 4.69) is 5.32 Å². The van der Waals surface area contributed by atoms with E-state index in [1.54, 1.807) is 12.1 Å². The fraction of sp³-hybridized carbons (Fsp3) is 0.263. The summed E-state index contributed by atoms with van der Waals surface area (Å²) in [6, 6.07) is 13.4. The molecule has 2 aromatic carbocycles. The molecule has 3 rings (SSSR count). The summed E-state index contributed by atoms with van der Waals surface area (Å²) in [5.41, 5.74) is 2.47. The Kier molecular flexibility index (Phi) is 4.60. The van der Waals surface area contributed by atoms with Crippen molar-refractivity contribution < 1.29 is 14.0 Å². The van der Waals surface area contributed by atoms with Crippen LogP contribution < -0.4 is 10.2 Å². The number of rotatable bonds is 4. The number of hydrogen-bond acceptors (Lipinski definition) is 2. The van der Waals surface area contributed by atoms with Crippen LogP contribution in [0.1, 0.15) is 18.9 Å². The first-order chi connectivity index (χ1) is 11.6. The smallest absolute Gasteiger partial charge is 0.229 e. The standard InChI is InChI=1S/C19H19FN2O2/c1-2-13-5-3-4-6-17(13)21-19(24)14-11-18(23)22(12-14)16-9-7-15(20)8-10-16/h3-10,14H,2,11-12H2,1H3,(H,21,24)/t14-/m0/s1. The van der Waals surface area contributed by atoms with Gasteiger partial charge in [-0.2, -0.15) is 0 Å². The van der Waals surface area contributed by atoms with Crippen molar-refractivity contribution in [2.75, 3.05) is 16.8 Å². The van der Waals surface area contributed by atoms with Crippen LogP contribution in [0.25, 0.3) is 0 Å². The van der Waals surface area contributed by atoms with Crippen molar-refractivity contribution in [1.29, 1.82) is 0 Å². The maximum absolute atomic E-state index is 13.0. The van der Waals surface area contributed by atoms with Gasteiger partial charge in [0.1, 0.15) is 5.82 Å². The van der Waals surface area contributed by atoms with Gasteiger partial charge < -0.3 is 10.2 Å². The van der Waals surface area contributed by atoms with E-state index in [0.29, 0.717) is 12.2 Å². The highest BCUT2D eigenvalue weighted by molar-refractivity contribution is 6.03. The van der Waals surface area contributed by atoms with Crippen molar-refractivity contribution in [2.24, 2.45) is 5.92 Å². The van der Waals surface area contributed by atoms with E-state index in [9.17, 15) is 14.0 Å². The summed E-state index contributed by atoms with van der Waals surface area (Å²) >= 11 is 0. The molecule has 1 heterocycles. The molecule has 24 heavy (non-hydrogen) atoms. The average Bonchev–Trinajstić information content (AvgIpc) is 2.98. The number of aryl methyl sites for hydroxylation is 1. The Labute approximate surface area is 140 Å². The van der Waals surface area contributed by atoms with Gasteiger partial charge >= 0.3 is 0 Å². The molecule has 0 spiro atoms. The van der Waals surface area contributed by atoms with Crippen molar-refractivity contribution in [2.45, 2.75) is 19.8 Å². The van der Waals surface area contributed by atoms with Gasteiger partial charge in [-0.1, -0.05) is 25.1 Å². The third-order valence-corrected chi connectivity index (χ3v) is 4.29.